The van der Waals surface area contributed by atoms with Crippen LogP contribution in [0.4, 0.5) is 11.4 Å². The highest BCUT2D eigenvalue weighted by Gasteiger charge is 2.29. The lowest BCUT2D eigenvalue weighted by molar-refractivity contribution is -0.384. The van der Waals surface area contributed by atoms with E-state index >= 15 is 0 Å². The van der Waals surface area contributed by atoms with Crippen LogP contribution in [0.3, 0.4) is 0 Å². The lowest BCUT2D eigenvalue weighted by atomic mass is 9.89. The molecule has 1 aliphatic carbocycles. The summed E-state index contributed by atoms with van der Waals surface area (Å²) in [5.41, 5.74) is 2.02. The standard InChI is InChI=1S/C14H20N2O2/c1-11-5-6-12(13(9-11)16(17)18)15-10-14(2)7-3-4-8-14/h5-6,9,15H,3-4,7-8,10H2,1-2H3. The monoisotopic (exact) mass is 248 g/mol. The van der Waals surface area contributed by atoms with Crippen LogP contribution in [0, 0.1) is 22.5 Å². The molecule has 1 aromatic carbocycles. The number of nitro groups is 1. The van der Waals surface area contributed by atoms with Crippen molar-refractivity contribution in [2.45, 2.75) is 39.5 Å². The van der Waals surface area contributed by atoms with Crippen LogP contribution in [0.25, 0.3) is 0 Å². The molecule has 1 fully saturated rings. The quantitative estimate of drug-likeness (QED) is 0.649. The lowest BCUT2D eigenvalue weighted by Crippen LogP contribution is -2.23. The fourth-order valence-electron chi connectivity index (χ4n) is 2.66. The van der Waals surface area contributed by atoms with Crippen molar-refractivity contribution in [1.82, 2.24) is 0 Å². The second-order valence-corrected chi connectivity index (χ2v) is 5.65. The van der Waals surface area contributed by atoms with Gasteiger partial charge < -0.3 is 5.32 Å². The molecule has 1 saturated carbocycles. The van der Waals surface area contributed by atoms with E-state index in [2.05, 4.69) is 12.2 Å². The molecule has 0 bridgehead atoms. The Kier molecular flexibility index (Phi) is 3.55. The minimum Gasteiger partial charge on any atom is -0.379 e. The van der Waals surface area contributed by atoms with Crippen LogP contribution < -0.4 is 5.32 Å². The van der Waals surface area contributed by atoms with E-state index in [9.17, 15) is 10.1 Å². The van der Waals surface area contributed by atoms with Gasteiger partial charge in [-0.3, -0.25) is 10.1 Å². The average Bonchev–Trinajstić information content (AvgIpc) is 2.75. The minimum absolute atomic E-state index is 0.177. The smallest absolute Gasteiger partial charge is 0.292 e. The van der Waals surface area contributed by atoms with Gasteiger partial charge in [-0.15, -0.1) is 0 Å². The third-order valence-corrected chi connectivity index (χ3v) is 3.87. The average molecular weight is 248 g/mol. The number of rotatable bonds is 4. The molecule has 4 nitrogen and oxygen atoms in total. The van der Waals surface area contributed by atoms with Crippen LogP contribution in [0.5, 0.6) is 0 Å². The van der Waals surface area contributed by atoms with Crippen molar-refractivity contribution >= 4 is 11.4 Å². The maximum Gasteiger partial charge on any atom is 0.292 e. The SMILES string of the molecule is Cc1ccc(NCC2(C)CCCC2)c([N+](=O)[O-])c1. The molecule has 0 saturated heterocycles. The normalized spacial score (nSPS) is 17.7. The number of benzene rings is 1. The van der Waals surface area contributed by atoms with E-state index in [1.807, 2.05) is 19.1 Å². The lowest BCUT2D eigenvalue weighted by Gasteiger charge is -2.24. The molecule has 0 aliphatic heterocycles. The van der Waals surface area contributed by atoms with E-state index in [0.29, 0.717) is 11.1 Å². The molecule has 98 valence electrons. The van der Waals surface area contributed by atoms with Gasteiger partial charge >= 0.3 is 0 Å². The number of hydrogen-bond acceptors (Lipinski definition) is 3. The first-order valence-corrected chi connectivity index (χ1v) is 6.49. The van der Waals surface area contributed by atoms with Gasteiger partial charge in [0.15, 0.2) is 0 Å². The Morgan fingerprint density at radius 2 is 2.06 bits per heavy atom. The van der Waals surface area contributed by atoms with Crippen LogP contribution in [-0.4, -0.2) is 11.5 Å². The van der Waals surface area contributed by atoms with Gasteiger partial charge in [-0.05, 0) is 36.8 Å². The third-order valence-electron chi connectivity index (χ3n) is 3.87. The van der Waals surface area contributed by atoms with Crippen LogP contribution in [0.2, 0.25) is 0 Å². The van der Waals surface area contributed by atoms with E-state index in [4.69, 9.17) is 0 Å². The predicted octanol–water partition coefficient (Wildman–Crippen LogP) is 3.90. The summed E-state index contributed by atoms with van der Waals surface area (Å²) in [7, 11) is 0. The first-order valence-electron chi connectivity index (χ1n) is 6.49. The fourth-order valence-corrected chi connectivity index (χ4v) is 2.66. The summed E-state index contributed by atoms with van der Waals surface area (Å²) in [5.74, 6) is 0. The van der Waals surface area contributed by atoms with E-state index < -0.39 is 0 Å². The second-order valence-electron chi connectivity index (χ2n) is 5.65. The summed E-state index contributed by atoms with van der Waals surface area (Å²) in [6.07, 6.45) is 4.96. The molecule has 0 unspecified atom stereocenters. The molecule has 4 heteroatoms. The van der Waals surface area contributed by atoms with Crippen LogP contribution in [-0.2, 0) is 0 Å². The molecular weight excluding hydrogens is 228 g/mol. The summed E-state index contributed by atoms with van der Waals surface area (Å²) >= 11 is 0. The molecule has 2 rings (SSSR count). The molecule has 1 aliphatic rings. The van der Waals surface area contributed by atoms with E-state index in [1.54, 1.807) is 6.07 Å². The van der Waals surface area contributed by atoms with Crippen LogP contribution >= 0.6 is 0 Å². The van der Waals surface area contributed by atoms with Gasteiger partial charge in [0.05, 0.1) is 4.92 Å². The van der Waals surface area contributed by atoms with E-state index in [-0.39, 0.29) is 10.6 Å². The zero-order chi connectivity index (χ0) is 13.2. The molecule has 0 atom stereocenters. The number of nitro benzene ring substituents is 1. The summed E-state index contributed by atoms with van der Waals surface area (Å²) < 4.78 is 0. The Balaban J connectivity index is 2.11. The Morgan fingerprint density at radius 1 is 1.39 bits per heavy atom. The molecule has 0 aromatic heterocycles. The molecule has 0 heterocycles. The van der Waals surface area contributed by atoms with Gasteiger partial charge in [-0.1, -0.05) is 25.8 Å². The van der Waals surface area contributed by atoms with E-state index in [1.165, 1.54) is 25.7 Å². The predicted molar refractivity (Wildman–Crippen MR) is 72.9 cm³/mol. The first-order chi connectivity index (χ1) is 8.50. The number of nitrogens with zero attached hydrogens (tertiary/aromatic N) is 1. The second kappa shape index (κ2) is 4.96. The van der Waals surface area contributed by atoms with Crippen molar-refractivity contribution in [3.05, 3.63) is 33.9 Å². The highest BCUT2D eigenvalue weighted by Crippen LogP contribution is 2.38. The summed E-state index contributed by atoms with van der Waals surface area (Å²) in [6.45, 7) is 4.94. The van der Waals surface area contributed by atoms with Gasteiger partial charge in [0, 0.05) is 12.6 Å². The zero-order valence-electron chi connectivity index (χ0n) is 11.0. The molecule has 18 heavy (non-hydrogen) atoms. The Bertz CT molecular complexity index is 451. The topological polar surface area (TPSA) is 55.2 Å². The molecular formula is C14H20N2O2. The largest absolute Gasteiger partial charge is 0.379 e. The van der Waals surface area contributed by atoms with Crippen LogP contribution in [0.1, 0.15) is 38.2 Å². The van der Waals surface area contributed by atoms with Gasteiger partial charge in [0.25, 0.3) is 5.69 Å². The van der Waals surface area contributed by atoms with Crippen molar-refractivity contribution in [2.24, 2.45) is 5.41 Å². The highest BCUT2D eigenvalue weighted by atomic mass is 16.6. The molecule has 1 N–H and O–H groups in total. The van der Waals surface area contributed by atoms with Crippen molar-refractivity contribution in [1.29, 1.82) is 0 Å². The number of nitrogens with one attached hydrogen (secondary N) is 1. The van der Waals surface area contributed by atoms with E-state index in [0.717, 1.165) is 12.1 Å². The number of hydrogen-bond donors (Lipinski definition) is 1. The molecule has 0 spiro atoms. The highest BCUT2D eigenvalue weighted by molar-refractivity contribution is 5.62. The van der Waals surface area contributed by atoms with Crippen molar-refractivity contribution in [2.75, 3.05) is 11.9 Å². The summed E-state index contributed by atoms with van der Waals surface area (Å²) in [6, 6.07) is 5.34. The molecule has 0 amide bonds. The maximum atomic E-state index is 11.0. The van der Waals surface area contributed by atoms with Crippen LogP contribution in [0.15, 0.2) is 18.2 Å². The van der Waals surface area contributed by atoms with Gasteiger partial charge in [-0.25, -0.2) is 0 Å². The minimum atomic E-state index is -0.313. The number of anilines is 1. The Morgan fingerprint density at radius 3 is 2.67 bits per heavy atom. The summed E-state index contributed by atoms with van der Waals surface area (Å²) in [4.78, 5) is 10.7. The Labute approximate surface area is 108 Å². The van der Waals surface area contributed by atoms with Crippen molar-refractivity contribution < 1.29 is 4.92 Å². The molecule has 0 radical (unpaired) electrons. The molecule has 1 aromatic rings. The van der Waals surface area contributed by atoms with Crippen molar-refractivity contribution in [3.63, 3.8) is 0 Å². The number of aryl methyl sites for hydroxylation is 1. The van der Waals surface area contributed by atoms with Gasteiger partial charge in [0.1, 0.15) is 5.69 Å². The Hall–Kier alpha value is -1.58. The fraction of sp³-hybridized carbons (Fsp3) is 0.571. The zero-order valence-corrected chi connectivity index (χ0v) is 11.0. The van der Waals surface area contributed by atoms with Gasteiger partial charge in [-0.2, -0.15) is 0 Å². The third kappa shape index (κ3) is 2.81. The van der Waals surface area contributed by atoms with Gasteiger partial charge in [0.2, 0.25) is 0 Å². The summed E-state index contributed by atoms with van der Waals surface area (Å²) in [5, 5.41) is 14.3. The first kappa shape index (κ1) is 12.9. The van der Waals surface area contributed by atoms with Crippen molar-refractivity contribution in [3.8, 4) is 0 Å². The maximum absolute atomic E-state index is 11.0.